The molecule has 3 amide bonds. The molecular formula is C19H17F2N5O3. The predicted octanol–water partition coefficient (Wildman–Crippen LogP) is 1.68. The molecule has 1 fully saturated rings. The Kier molecular flexibility index (Phi) is 5.41. The summed E-state index contributed by atoms with van der Waals surface area (Å²) in [6.45, 7) is -0.0299. The second kappa shape index (κ2) is 7.79. The molecule has 1 saturated heterocycles. The van der Waals surface area contributed by atoms with Gasteiger partial charge in [0.2, 0.25) is 11.8 Å². The van der Waals surface area contributed by atoms with E-state index in [1.54, 1.807) is 24.3 Å². The maximum absolute atomic E-state index is 13.5. The van der Waals surface area contributed by atoms with E-state index in [-0.39, 0.29) is 11.5 Å². The van der Waals surface area contributed by atoms with Crippen LogP contribution in [0.25, 0.3) is 10.9 Å². The summed E-state index contributed by atoms with van der Waals surface area (Å²) in [4.78, 5) is 41.1. The summed E-state index contributed by atoms with van der Waals surface area (Å²) in [7, 11) is 0. The Balaban J connectivity index is 1.76. The maximum Gasteiger partial charge on any atom is 0.268 e. The van der Waals surface area contributed by atoms with Crippen molar-refractivity contribution < 1.29 is 23.2 Å². The van der Waals surface area contributed by atoms with Gasteiger partial charge in [-0.05, 0) is 12.1 Å². The van der Waals surface area contributed by atoms with Crippen molar-refractivity contribution in [1.82, 2.24) is 15.2 Å². The Labute approximate surface area is 164 Å². The van der Waals surface area contributed by atoms with Crippen molar-refractivity contribution >= 4 is 34.3 Å². The molecule has 0 radical (unpaired) electrons. The first-order valence-electron chi connectivity index (χ1n) is 8.72. The van der Waals surface area contributed by atoms with E-state index in [0.29, 0.717) is 16.6 Å². The van der Waals surface area contributed by atoms with E-state index >= 15 is 0 Å². The average Bonchev–Trinajstić information content (AvgIpc) is 3.00. The number of para-hydroxylation sites is 1. The number of carbonyl (C=O) groups excluding carboxylic acids is 3. The molecule has 10 heteroatoms. The molecule has 0 saturated carbocycles. The van der Waals surface area contributed by atoms with E-state index in [1.807, 2.05) is 0 Å². The van der Waals surface area contributed by atoms with Crippen LogP contribution in [0.3, 0.4) is 0 Å². The van der Waals surface area contributed by atoms with Crippen LogP contribution in [0.4, 0.5) is 14.5 Å². The van der Waals surface area contributed by atoms with Crippen molar-refractivity contribution in [3.8, 4) is 6.07 Å². The summed E-state index contributed by atoms with van der Waals surface area (Å²) >= 11 is 0. The van der Waals surface area contributed by atoms with Crippen LogP contribution >= 0.6 is 0 Å². The predicted molar refractivity (Wildman–Crippen MR) is 99.1 cm³/mol. The zero-order valence-corrected chi connectivity index (χ0v) is 15.4. The summed E-state index contributed by atoms with van der Waals surface area (Å²) < 4.78 is 27.0. The highest BCUT2D eigenvalue weighted by Gasteiger charge is 2.47. The molecule has 0 spiro atoms. The first-order chi connectivity index (χ1) is 13.7. The minimum atomic E-state index is -3.12. The minimum absolute atomic E-state index is 0.207. The molecule has 1 atom stereocenters. The molecule has 29 heavy (non-hydrogen) atoms. The van der Waals surface area contributed by atoms with Crippen molar-refractivity contribution in [1.29, 1.82) is 5.26 Å². The Morgan fingerprint density at radius 2 is 2.10 bits per heavy atom. The Morgan fingerprint density at radius 3 is 2.79 bits per heavy atom. The number of hydrogen-bond donors (Lipinski definition) is 2. The molecule has 150 valence electrons. The van der Waals surface area contributed by atoms with Gasteiger partial charge in [-0.1, -0.05) is 12.1 Å². The van der Waals surface area contributed by atoms with E-state index in [1.165, 1.54) is 19.2 Å². The van der Waals surface area contributed by atoms with Gasteiger partial charge >= 0.3 is 0 Å². The standard InChI is InChI=1S/C19H17F2N5O3/c1-11(27)25-15-4-2-3-13-14(5-6-23-17(13)15)18(29)24-9-16(28)26-10-19(20,21)7-12(26)8-22/h2-6,12H,7,9-10H2,1H3,(H,24,29)(H,25,27)/t12-/m0/s1. The van der Waals surface area contributed by atoms with E-state index < -0.39 is 43.3 Å². The molecule has 2 aromatic rings. The second-order valence-corrected chi connectivity index (χ2v) is 6.65. The molecule has 0 unspecified atom stereocenters. The number of aromatic nitrogens is 1. The SMILES string of the molecule is CC(=O)Nc1cccc2c(C(=O)NCC(=O)N3CC(F)(F)C[C@H]3C#N)ccnc12. The fourth-order valence-electron chi connectivity index (χ4n) is 3.21. The van der Waals surface area contributed by atoms with Gasteiger partial charge in [0, 0.05) is 24.9 Å². The number of carbonyl (C=O) groups is 3. The van der Waals surface area contributed by atoms with Crippen LogP contribution in [-0.4, -0.2) is 52.7 Å². The molecule has 0 aliphatic carbocycles. The fraction of sp³-hybridized carbons (Fsp3) is 0.316. The molecule has 1 aliphatic rings. The fourth-order valence-corrected chi connectivity index (χ4v) is 3.21. The van der Waals surface area contributed by atoms with Gasteiger partial charge in [0.05, 0.1) is 35.9 Å². The smallest absolute Gasteiger partial charge is 0.268 e. The first-order valence-corrected chi connectivity index (χ1v) is 8.72. The third-order valence-electron chi connectivity index (χ3n) is 4.47. The number of pyridine rings is 1. The number of nitriles is 1. The third-order valence-corrected chi connectivity index (χ3v) is 4.47. The van der Waals surface area contributed by atoms with Crippen LogP contribution in [-0.2, 0) is 9.59 Å². The van der Waals surface area contributed by atoms with E-state index in [9.17, 15) is 23.2 Å². The van der Waals surface area contributed by atoms with E-state index in [4.69, 9.17) is 5.26 Å². The summed E-state index contributed by atoms with van der Waals surface area (Å²) in [6.07, 6.45) is 0.668. The van der Waals surface area contributed by atoms with Crippen molar-refractivity contribution in [3.05, 3.63) is 36.0 Å². The normalized spacial score (nSPS) is 17.6. The summed E-state index contributed by atoms with van der Waals surface area (Å²) in [5.41, 5.74) is 1.03. The molecule has 1 aliphatic heterocycles. The van der Waals surface area contributed by atoms with Crippen LogP contribution in [0.5, 0.6) is 0 Å². The van der Waals surface area contributed by atoms with E-state index in [2.05, 4.69) is 15.6 Å². The van der Waals surface area contributed by atoms with Gasteiger partial charge in [0.1, 0.15) is 6.04 Å². The zero-order chi connectivity index (χ0) is 21.2. The molecule has 8 nitrogen and oxygen atoms in total. The number of hydrogen-bond acceptors (Lipinski definition) is 5. The number of anilines is 1. The van der Waals surface area contributed by atoms with Gasteiger partial charge in [-0.3, -0.25) is 19.4 Å². The summed E-state index contributed by atoms with van der Waals surface area (Å²) in [5.74, 6) is -4.79. The van der Waals surface area contributed by atoms with Gasteiger partial charge in [0.25, 0.3) is 11.8 Å². The third kappa shape index (κ3) is 4.29. The van der Waals surface area contributed by atoms with Crippen LogP contribution < -0.4 is 10.6 Å². The van der Waals surface area contributed by atoms with Crippen molar-refractivity contribution in [2.75, 3.05) is 18.4 Å². The lowest BCUT2D eigenvalue weighted by molar-refractivity contribution is -0.131. The number of halogens is 2. The molecular weight excluding hydrogens is 384 g/mol. The largest absolute Gasteiger partial charge is 0.343 e. The van der Waals surface area contributed by atoms with Gasteiger partial charge in [-0.15, -0.1) is 0 Å². The number of nitrogens with zero attached hydrogens (tertiary/aromatic N) is 3. The minimum Gasteiger partial charge on any atom is -0.343 e. The monoisotopic (exact) mass is 401 g/mol. The summed E-state index contributed by atoms with van der Waals surface area (Å²) in [5, 5.41) is 14.5. The number of likely N-dealkylation sites (tertiary alicyclic amines) is 1. The highest BCUT2D eigenvalue weighted by atomic mass is 19.3. The lowest BCUT2D eigenvalue weighted by atomic mass is 10.1. The lowest BCUT2D eigenvalue weighted by Gasteiger charge is -2.19. The van der Waals surface area contributed by atoms with E-state index in [0.717, 1.165) is 4.90 Å². The first kappa shape index (κ1) is 20.1. The Morgan fingerprint density at radius 1 is 1.34 bits per heavy atom. The number of rotatable bonds is 4. The van der Waals surface area contributed by atoms with Gasteiger partial charge < -0.3 is 15.5 Å². The lowest BCUT2D eigenvalue weighted by Crippen LogP contribution is -2.43. The van der Waals surface area contributed by atoms with Gasteiger partial charge in [-0.25, -0.2) is 8.78 Å². The Bertz CT molecular complexity index is 1030. The molecule has 2 heterocycles. The maximum atomic E-state index is 13.5. The van der Waals surface area contributed by atoms with Crippen molar-refractivity contribution in [2.45, 2.75) is 25.3 Å². The average molecular weight is 401 g/mol. The molecule has 0 bridgehead atoms. The van der Waals surface area contributed by atoms with Crippen molar-refractivity contribution in [3.63, 3.8) is 0 Å². The highest BCUT2D eigenvalue weighted by Crippen LogP contribution is 2.31. The highest BCUT2D eigenvalue weighted by molar-refractivity contribution is 6.10. The summed E-state index contributed by atoms with van der Waals surface area (Å²) in [6, 6.07) is 6.82. The topological polar surface area (TPSA) is 115 Å². The van der Waals surface area contributed by atoms with Crippen LogP contribution in [0.2, 0.25) is 0 Å². The number of benzene rings is 1. The number of fused-ring (bicyclic) bond motifs is 1. The van der Waals surface area contributed by atoms with Gasteiger partial charge in [-0.2, -0.15) is 5.26 Å². The molecule has 2 N–H and O–H groups in total. The number of nitrogens with one attached hydrogen (secondary N) is 2. The van der Waals surface area contributed by atoms with Gasteiger partial charge in [0.15, 0.2) is 0 Å². The van der Waals surface area contributed by atoms with Crippen LogP contribution in [0.15, 0.2) is 30.5 Å². The van der Waals surface area contributed by atoms with Crippen LogP contribution in [0.1, 0.15) is 23.7 Å². The molecule has 1 aromatic carbocycles. The van der Waals surface area contributed by atoms with Crippen molar-refractivity contribution in [2.24, 2.45) is 0 Å². The Hall–Kier alpha value is -3.61. The molecule has 1 aromatic heterocycles. The van der Waals surface area contributed by atoms with Crippen LogP contribution in [0, 0.1) is 11.3 Å². The quantitative estimate of drug-likeness (QED) is 0.809. The molecule has 3 rings (SSSR count). The zero-order valence-electron chi connectivity index (χ0n) is 15.4. The number of amides is 3. The second-order valence-electron chi connectivity index (χ2n) is 6.65. The number of alkyl halides is 2.